The molecule has 20 heavy (non-hydrogen) atoms. The first-order valence-electron chi connectivity index (χ1n) is 6.63. The van der Waals surface area contributed by atoms with E-state index >= 15 is 0 Å². The molecule has 0 amide bonds. The molecule has 1 fully saturated rings. The van der Waals surface area contributed by atoms with E-state index in [0.29, 0.717) is 12.5 Å². The lowest BCUT2D eigenvalue weighted by Gasteiger charge is -2.22. The van der Waals surface area contributed by atoms with Gasteiger partial charge in [0, 0.05) is 12.1 Å². The predicted octanol–water partition coefficient (Wildman–Crippen LogP) is 1.90. The van der Waals surface area contributed by atoms with Gasteiger partial charge >= 0.3 is 0 Å². The minimum Gasteiger partial charge on any atom is -0.326 e. The largest absolute Gasteiger partial charge is 0.326 e. The van der Waals surface area contributed by atoms with Crippen LogP contribution in [0.3, 0.4) is 0 Å². The number of halogens is 2. The summed E-state index contributed by atoms with van der Waals surface area (Å²) < 4.78 is 53.4. The lowest BCUT2D eigenvalue weighted by atomic mass is 10.1. The van der Waals surface area contributed by atoms with Crippen LogP contribution < -0.4 is 10.5 Å². The van der Waals surface area contributed by atoms with E-state index in [0.717, 1.165) is 37.8 Å². The van der Waals surface area contributed by atoms with Gasteiger partial charge in [-0.1, -0.05) is 19.3 Å². The van der Waals surface area contributed by atoms with Gasteiger partial charge in [0.05, 0.1) is 0 Å². The van der Waals surface area contributed by atoms with Gasteiger partial charge in [-0.25, -0.2) is 21.9 Å². The van der Waals surface area contributed by atoms with E-state index in [2.05, 4.69) is 4.72 Å². The monoisotopic (exact) mass is 304 g/mol. The molecule has 0 heterocycles. The van der Waals surface area contributed by atoms with Gasteiger partial charge in [-0.2, -0.15) is 0 Å². The number of nitrogens with one attached hydrogen (secondary N) is 1. The molecule has 3 N–H and O–H groups in total. The maximum absolute atomic E-state index is 13.6. The van der Waals surface area contributed by atoms with Crippen molar-refractivity contribution in [3.63, 3.8) is 0 Å². The minimum atomic E-state index is -4.11. The zero-order valence-electron chi connectivity index (χ0n) is 11.0. The van der Waals surface area contributed by atoms with E-state index in [-0.39, 0.29) is 6.04 Å². The maximum atomic E-state index is 13.6. The van der Waals surface area contributed by atoms with Crippen LogP contribution in [0.4, 0.5) is 8.78 Å². The third kappa shape index (κ3) is 3.53. The predicted molar refractivity (Wildman–Crippen MR) is 71.5 cm³/mol. The van der Waals surface area contributed by atoms with Crippen molar-refractivity contribution in [2.75, 3.05) is 0 Å². The molecular weight excluding hydrogens is 286 g/mol. The normalized spacial score (nSPS) is 24.4. The highest BCUT2D eigenvalue weighted by molar-refractivity contribution is 7.89. The van der Waals surface area contributed by atoms with Crippen molar-refractivity contribution in [2.24, 2.45) is 5.73 Å². The Morgan fingerprint density at radius 3 is 2.60 bits per heavy atom. The molecule has 1 aliphatic rings. The van der Waals surface area contributed by atoms with E-state index in [1.54, 1.807) is 0 Å². The number of hydrogen-bond acceptors (Lipinski definition) is 3. The molecule has 2 atom stereocenters. The minimum absolute atomic E-state index is 0.302. The zero-order chi connectivity index (χ0) is 14.8. The summed E-state index contributed by atoms with van der Waals surface area (Å²) in [5, 5.41) is 0. The second kappa shape index (κ2) is 6.15. The van der Waals surface area contributed by atoms with Crippen molar-refractivity contribution in [2.45, 2.75) is 49.1 Å². The molecule has 0 aliphatic heterocycles. The van der Waals surface area contributed by atoms with Crippen LogP contribution in [0.25, 0.3) is 0 Å². The molecule has 1 aromatic carbocycles. The van der Waals surface area contributed by atoms with Crippen LogP contribution >= 0.6 is 0 Å². The number of rotatable bonds is 3. The average Bonchev–Trinajstić information content (AvgIpc) is 2.57. The molecule has 1 saturated carbocycles. The molecule has 1 aromatic rings. The number of hydrogen-bond donors (Lipinski definition) is 2. The highest BCUT2D eigenvalue weighted by Crippen LogP contribution is 2.21. The zero-order valence-corrected chi connectivity index (χ0v) is 11.8. The van der Waals surface area contributed by atoms with Crippen LogP contribution in [0.1, 0.15) is 32.1 Å². The lowest BCUT2D eigenvalue weighted by Crippen LogP contribution is -2.47. The summed E-state index contributed by atoms with van der Waals surface area (Å²) in [6.45, 7) is 0. The Bertz CT molecular complexity index is 578. The Morgan fingerprint density at radius 1 is 1.15 bits per heavy atom. The first-order valence-corrected chi connectivity index (χ1v) is 8.11. The third-order valence-corrected chi connectivity index (χ3v) is 5.06. The highest BCUT2D eigenvalue weighted by Gasteiger charge is 2.28. The Morgan fingerprint density at radius 2 is 1.85 bits per heavy atom. The Kier molecular flexibility index (Phi) is 4.72. The van der Waals surface area contributed by atoms with Crippen molar-refractivity contribution >= 4 is 10.0 Å². The summed E-state index contributed by atoms with van der Waals surface area (Å²) in [5.74, 6) is -1.77. The summed E-state index contributed by atoms with van der Waals surface area (Å²) in [4.78, 5) is -0.672. The summed E-state index contributed by atoms with van der Waals surface area (Å²) in [5.41, 5.74) is 5.94. The molecular formula is C13H18F2N2O2S. The van der Waals surface area contributed by atoms with E-state index < -0.39 is 32.6 Å². The molecule has 1 aliphatic carbocycles. The molecule has 0 radical (unpaired) electrons. The fourth-order valence-corrected chi connectivity index (χ4v) is 3.84. The Balaban J connectivity index is 2.24. The summed E-state index contributed by atoms with van der Waals surface area (Å²) in [6, 6.07) is 1.62. The maximum Gasteiger partial charge on any atom is 0.243 e. The van der Waals surface area contributed by atoms with E-state index in [1.165, 1.54) is 0 Å². The molecule has 0 aromatic heterocycles. The number of nitrogens with two attached hydrogens (primary N) is 1. The van der Waals surface area contributed by atoms with Crippen molar-refractivity contribution in [3.8, 4) is 0 Å². The number of benzene rings is 1. The van der Waals surface area contributed by atoms with Crippen molar-refractivity contribution in [3.05, 3.63) is 29.8 Å². The topological polar surface area (TPSA) is 72.2 Å². The summed E-state index contributed by atoms with van der Waals surface area (Å²) in [6.07, 6.45) is 4.15. The Labute approximate surface area is 117 Å². The van der Waals surface area contributed by atoms with Crippen LogP contribution in [-0.2, 0) is 10.0 Å². The number of sulfonamides is 1. The molecule has 0 bridgehead atoms. The van der Waals surface area contributed by atoms with Crippen LogP contribution in [0, 0.1) is 11.6 Å². The average molecular weight is 304 g/mol. The molecule has 4 nitrogen and oxygen atoms in total. The van der Waals surface area contributed by atoms with E-state index in [9.17, 15) is 17.2 Å². The Hall–Kier alpha value is -1.05. The summed E-state index contributed by atoms with van der Waals surface area (Å²) in [7, 11) is -4.11. The van der Waals surface area contributed by atoms with Crippen molar-refractivity contribution in [1.29, 1.82) is 0 Å². The first kappa shape index (κ1) is 15.3. The molecule has 7 heteroatoms. The molecule has 0 saturated heterocycles. The van der Waals surface area contributed by atoms with Gasteiger partial charge in [-0.3, -0.25) is 0 Å². The highest BCUT2D eigenvalue weighted by atomic mass is 32.2. The molecule has 112 valence electrons. The van der Waals surface area contributed by atoms with E-state index in [4.69, 9.17) is 5.73 Å². The van der Waals surface area contributed by atoms with Gasteiger partial charge in [0.15, 0.2) is 0 Å². The molecule has 2 rings (SSSR count). The fraction of sp³-hybridized carbons (Fsp3) is 0.538. The van der Waals surface area contributed by atoms with Gasteiger partial charge in [0.25, 0.3) is 0 Å². The van der Waals surface area contributed by atoms with Crippen molar-refractivity contribution in [1.82, 2.24) is 4.72 Å². The molecule has 2 unspecified atom stereocenters. The van der Waals surface area contributed by atoms with Crippen LogP contribution in [0.2, 0.25) is 0 Å². The third-order valence-electron chi connectivity index (χ3n) is 3.56. The van der Waals surface area contributed by atoms with E-state index in [1.807, 2.05) is 0 Å². The van der Waals surface area contributed by atoms with Gasteiger partial charge < -0.3 is 5.73 Å². The van der Waals surface area contributed by atoms with Gasteiger partial charge in [0.2, 0.25) is 10.0 Å². The van der Waals surface area contributed by atoms with Crippen molar-refractivity contribution < 1.29 is 17.2 Å². The van der Waals surface area contributed by atoms with Gasteiger partial charge in [-0.15, -0.1) is 0 Å². The van der Waals surface area contributed by atoms with Crippen LogP contribution in [0.5, 0.6) is 0 Å². The summed E-state index contributed by atoms with van der Waals surface area (Å²) >= 11 is 0. The quantitative estimate of drug-likeness (QED) is 0.838. The van der Waals surface area contributed by atoms with Crippen LogP contribution in [-0.4, -0.2) is 20.5 Å². The smallest absolute Gasteiger partial charge is 0.243 e. The molecule has 0 spiro atoms. The SMILES string of the molecule is NC1CCCCCC1NS(=O)(=O)c1cc(F)ccc1F. The second-order valence-corrected chi connectivity index (χ2v) is 6.79. The van der Waals surface area contributed by atoms with Gasteiger partial charge in [0.1, 0.15) is 16.5 Å². The first-order chi connectivity index (χ1) is 9.40. The second-order valence-electron chi connectivity index (χ2n) is 5.10. The lowest BCUT2D eigenvalue weighted by molar-refractivity contribution is 0.453. The fourth-order valence-electron chi connectivity index (χ4n) is 2.43. The van der Waals surface area contributed by atoms with Gasteiger partial charge in [-0.05, 0) is 31.0 Å². The standard InChI is InChI=1S/C13H18F2N2O2S/c14-9-6-7-10(15)13(8-9)20(18,19)17-12-5-3-1-2-4-11(12)16/h6-8,11-12,17H,1-5,16H2. The van der Waals surface area contributed by atoms with Crippen LogP contribution in [0.15, 0.2) is 23.1 Å².